The zero-order valence-electron chi connectivity index (χ0n) is 15.8. The molecule has 0 spiro atoms. The second kappa shape index (κ2) is 8.37. The molecule has 2 heterocycles. The van der Waals surface area contributed by atoms with Crippen molar-refractivity contribution in [2.75, 3.05) is 36.9 Å². The molecule has 1 saturated heterocycles. The number of aromatic nitrogens is 2. The summed E-state index contributed by atoms with van der Waals surface area (Å²) >= 11 is 0. The summed E-state index contributed by atoms with van der Waals surface area (Å²) in [6, 6.07) is 12.0. The SMILES string of the molecule is Bc1ccc2nc(Nc3cc(CN4CCOCC4)cc(NC=O)c3)ncc2c1. The van der Waals surface area contributed by atoms with Crippen LogP contribution in [0.1, 0.15) is 5.56 Å². The summed E-state index contributed by atoms with van der Waals surface area (Å²) in [6.07, 6.45) is 2.51. The second-order valence-electron chi connectivity index (χ2n) is 6.95. The molecule has 3 aromatic rings. The lowest BCUT2D eigenvalue weighted by Gasteiger charge is -2.27. The average molecular weight is 375 g/mol. The van der Waals surface area contributed by atoms with Crippen LogP contribution in [0.25, 0.3) is 10.9 Å². The molecule has 28 heavy (non-hydrogen) atoms. The Labute approximate surface area is 164 Å². The Bertz CT molecular complexity index is 991. The van der Waals surface area contributed by atoms with Crippen molar-refractivity contribution in [3.05, 3.63) is 48.2 Å². The first-order chi connectivity index (χ1) is 13.7. The van der Waals surface area contributed by atoms with Gasteiger partial charge in [-0.05, 0) is 29.8 Å². The highest BCUT2D eigenvalue weighted by Gasteiger charge is 2.12. The normalized spacial score (nSPS) is 14.7. The molecule has 2 N–H and O–H groups in total. The number of carbonyl (C=O) groups is 1. The number of hydrogen-bond acceptors (Lipinski definition) is 6. The van der Waals surface area contributed by atoms with Crippen LogP contribution >= 0.6 is 0 Å². The highest BCUT2D eigenvalue weighted by atomic mass is 16.5. The molecule has 1 amide bonds. The van der Waals surface area contributed by atoms with Gasteiger partial charge < -0.3 is 15.4 Å². The van der Waals surface area contributed by atoms with Crippen molar-refractivity contribution in [2.24, 2.45) is 0 Å². The predicted octanol–water partition coefficient (Wildman–Crippen LogP) is 1.03. The highest BCUT2D eigenvalue weighted by Crippen LogP contribution is 2.23. The number of amides is 1. The van der Waals surface area contributed by atoms with Crippen LogP contribution < -0.4 is 16.1 Å². The van der Waals surface area contributed by atoms with E-state index < -0.39 is 0 Å². The first kappa shape index (κ1) is 18.4. The van der Waals surface area contributed by atoms with Crippen molar-refractivity contribution in [3.63, 3.8) is 0 Å². The fourth-order valence-corrected chi connectivity index (χ4v) is 3.37. The molecular weight excluding hydrogens is 353 g/mol. The van der Waals surface area contributed by atoms with Gasteiger partial charge in [-0.2, -0.15) is 0 Å². The van der Waals surface area contributed by atoms with Crippen LogP contribution in [-0.4, -0.2) is 55.4 Å². The van der Waals surface area contributed by atoms with Crippen molar-refractivity contribution < 1.29 is 9.53 Å². The fraction of sp³-hybridized carbons (Fsp3) is 0.250. The lowest BCUT2D eigenvalue weighted by Crippen LogP contribution is -2.35. The van der Waals surface area contributed by atoms with Crippen LogP contribution in [0.15, 0.2) is 42.6 Å². The number of benzene rings is 2. The number of fused-ring (bicyclic) bond motifs is 1. The summed E-state index contributed by atoms with van der Waals surface area (Å²) in [4.78, 5) is 22.3. The van der Waals surface area contributed by atoms with E-state index in [1.54, 1.807) is 0 Å². The maximum Gasteiger partial charge on any atom is 0.227 e. The lowest BCUT2D eigenvalue weighted by molar-refractivity contribution is -0.105. The van der Waals surface area contributed by atoms with E-state index in [4.69, 9.17) is 4.74 Å². The molecular formula is C20H22BN5O2. The Morgan fingerprint density at radius 1 is 1.14 bits per heavy atom. The Balaban J connectivity index is 1.58. The van der Waals surface area contributed by atoms with E-state index in [0.29, 0.717) is 12.4 Å². The molecule has 0 aliphatic carbocycles. The molecule has 1 fully saturated rings. The van der Waals surface area contributed by atoms with Crippen LogP contribution in [0, 0.1) is 0 Å². The van der Waals surface area contributed by atoms with Gasteiger partial charge in [-0.3, -0.25) is 9.69 Å². The second-order valence-corrected chi connectivity index (χ2v) is 6.95. The Morgan fingerprint density at radius 2 is 1.96 bits per heavy atom. The maximum atomic E-state index is 10.9. The van der Waals surface area contributed by atoms with Gasteiger partial charge in [0.1, 0.15) is 7.85 Å². The van der Waals surface area contributed by atoms with E-state index in [1.807, 2.05) is 38.3 Å². The number of nitrogens with one attached hydrogen (secondary N) is 2. The van der Waals surface area contributed by atoms with Gasteiger partial charge in [0, 0.05) is 42.6 Å². The molecule has 0 radical (unpaired) electrons. The number of ether oxygens (including phenoxy) is 1. The van der Waals surface area contributed by atoms with E-state index in [1.165, 1.54) is 5.46 Å². The molecule has 1 aromatic heterocycles. The molecule has 0 atom stereocenters. The summed E-state index contributed by atoms with van der Waals surface area (Å²) in [5, 5.41) is 7.02. The third-order valence-electron chi connectivity index (χ3n) is 4.72. The standard InChI is InChI=1S/C20H22BN5O2/c21-16-1-2-19-15(9-16)11-22-20(25-19)24-18-8-14(7-17(10-18)23-13-27)12-26-3-5-28-6-4-26/h1-2,7-11,13H,3-6,12,21H2,(H,23,27)(H,22,24,25). The van der Waals surface area contributed by atoms with Crippen molar-refractivity contribution in [1.82, 2.24) is 14.9 Å². The van der Waals surface area contributed by atoms with E-state index in [9.17, 15) is 4.79 Å². The largest absolute Gasteiger partial charge is 0.379 e. The van der Waals surface area contributed by atoms with E-state index in [-0.39, 0.29) is 0 Å². The van der Waals surface area contributed by atoms with Crippen LogP contribution in [0.2, 0.25) is 0 Å². The summed E-state index contributed by atoms with van der Waals surface area (Å²) in [5.74, 6) is 0.525. The van der Waals surface area contributed by atoms with Crippen LogP contribution in [-0.2, 0) is 16.1 Å². The molecule has 0 saturated carbocycles. The zero-order valence-corrected chi connectivity index (χ0v) is 15.8. The molecule has 0 unspecified atom stereocenters. The molecule has 2 aromatic carbocycles. The van der Waals surface area contributed by atoms with Gasteiger partial charge >= 0.3 is 0 Å². The molecule has 4 rings (SSSR count). The predicted molar refractivity (Wildman–Crippen MR) is 113 cm³/mol. The molecule has 7 nitrogen and oxygen atoms in total. The van der Waals surface area contributed by atoms with Crippen molar-refractivity contribution >= 4 is 47.9 Å². The minimum Gasteiger partial charge on any atom is -0.379 e. The first-order valence-electron chi connectivity index (χ1n) is 9.34. The van der Waals surface area contributed by atoms with Crippen molar-refractivity contribution in [1.29, 1.82) is 0 Å². The Hall–Kier alpha value is -2.97. The summed E-state index contributed by atoms with van der Waals surface area (Å²) in [6.45, 7) is 4.11. The summed E-state index contributed by atoms with van der Waals surface area (Å²) in [5.41, 5.74) is 4.74. The minimum atomic E-state index is 0.525. The first-order valence-corrected chi connectivity index (χ1v) is 9.34. The number of anilines is 3. The van der Waals surface area contributed by atoms with Gasteiger partial charge in [0.05, 0.1) is 18.7 Å². The monoisotopic (exact) mass is 375 g/mol. The lowest BCUT2D eigenvalue weighted by atomic mass is 9.95. The van der Waals surface area contributed by atoms with Gasteiger partial charge in [0.2, 0.25) is 12.4 Å². The van der Waals surface area contributed by atoms with E-state index >= 15 is 0 Å². The molecule has 8 heteroatoms. The molecule has 1 aliphatic rings. The van der Waals surface area contributed by atoms with Crippen molar-refractivity contribution in [3.8, 4) is 0 Å². The number of rotatable bonds is 6. The van der Waals surface area contributed by atoms with E-state index in [2.05, 4.69) is 37.6 Å². The van der Waals surface area contributed by atoms with Gasteiger partial charge in [-0.15, -0.1) is 0 Å². The highest BCUT2D eigenvalue weighted by molar-refractivity contribution is 6.33. The van der Waals surface area contributed by atoms with Crippen LogP contribution in [0.5, 0.6) is 0 Å². The Morgan fingerprint density at radius 3 is 2.79 bits per heavy atom. The fourth-order valence-electron chi connectivity index (χ4n) is 3.37. The van der Waals surface area contributed by atoms with E-state index in [0.717, 1.165) is 60.7 Å². The number of nitrogens with zero attached hydrogens (tertiary/aromatic N) is 3. The number of hydrogen-bond donors (Lipinski definition) is 2. The van der Waals surface area contributed by atoms with Crippen molar-refractivity contribution in [2.45, 2.75) is 6.54 Å². The smallest absolute Gasteiger partial charge is 0.227 e. The molecule has 1 aliphatic heterocycles. The third kappa shape index (κ3) is 4.47. The van der Waals surface area contributed by atoms with Crippen LogP contribution in [0.4, 0.5) is 17.3 Å². The van der Waals surface area contributed by atoms with Gasteiger partial charge in [0.15, 0.2) is 0 Å². The molecule has 142 valence electrons. The zero-order chi connectivity index (χ0) is 19.3. The third-order valence-corrected chi connectivity index (χ3v) is 4.72. The summed E-state index contributed by atoms with van der Waals surface area (Å²) in [7, 11) is 2.05. The molecule has 0 bridgehead atoms. The minimum absolute atomic E-state index is 0.525. The van der Waals surface area contributed by atoms with Gasteiger partial charge in [0.25, 0.3) is 0 Å². The summed E-state index contributed by atoms with van der Waals surface area (Å²) < 4.78 is 5.42. The quantitative estimate of drug-likeness (QED) is 0.495. The number of carbonyl (C=O) groups excluding carboxylic acids is 1. The Kier molecular flexibility index (Phi) is 5.50. The van der Waals surface area contributed by atoms with Crippen LogP contribution in [0.3, 0.4) is 0 Å². The average Bonchev–Trinajstić information content (AvgIpc) is 2.69. The van der Waals surface area contributed by atoms with Gasteiger partial charge in [-0.25, -0.2) is 9.97 Å². The topological polar surface area (TPSA) is 79.4 Å². The number of morpholine rings is 1. The maximum absolute atomic E-state index is 10.9. The van der Waals surface area contributed by atoms with Gasteiger partial charge in [-0.1, -0.05) is 17.6 Å².